The fourth-order valence-electron chi connectivity index (χ4n) is 2.67. The van der Waals surface area contributed by atoms with Crippen LogP contribution in [0, 0.1) is 0 Å². The fraction of sp³-hybridized carbons (Fsp3) is 0.167. The Morgan fingerprint density at radius 2 is 2.04 bits per heavy atom. The molecule has 0 radical (unpaired) electrons. The SMILES string of the molecule is CCCc1ccc(-c2csc(NC(=O)c3ccnc4ncnn34)n2)cc1. The van der Waals surface area contributed by atoms with Crippen LogP contribution in [-0.2, 0) is 6.42 Å². The zero-order valence-electron chi connectivity index (χ0n) is 14.1. The molecule has 1 amide bonds. The van der Waals surface area contributed by atoms with Gasteiger partial charge in [0.15, 0.2) is 5.13 Å². The van der Waals surface area contributed by atoms with Gasteiger partial charge < -0.3 is 0 Å². The summed E-state index contributed by atoms with van der Waals surface area (Å²) in [6.07, 6.45) is 5.09. The third-order valence-electron chi connectivity index (χ3n) is 3.93. The highest BCUT2D eigenvalue weighted by molar-refractivity contribution is 7.14. The summed E-state index contributed by atoms with van der Waals surface area (Å²) >= 11 is 1.39. The van der Waals surface area contributed by atoms with Crippen LogP contribution in [0.2, 0.25) is 0 Å². The molecule has 1 N–H and O–H groups in total. The predicted octanol–water partition coefficient (Wildman–Crippen LogP) is 3.45. The molecule has 0 saturated carbocycles. The Balaban J connectivity index is 1.53. The predicted molar refractivity (Wildman–Crippen MR) is 100 cm³/mol. The van der Waals surface area contributed by atoms with E-state index in [1.165, 1.54) is 33.9 Å². The number of nitrogens with zero attached hydrogens (tertiary/aromatic N) is 5. The minimum atomic E-state index is -0.304. The van der Waals surface area contributed by atoms with Crippen molar-refractivity contribution in [1.82, 2.24) is 24.6 Å². The lowest BCUT2D eigenvalue weighted by Gasteiger charge is -2.03. The summed E-state index contributed by atoms with van der Waals surface area (Å²) < 4.78 is 1.40. The van der Waals surface area contributed by atoms with Gasteiger partial charge in [-0.15, -0.1) is 11.3 Å². The number of amides is 1. The largest absolute Gasteiger partial charge is 0.296 e. The monoisotopic (exact) mass is 364 g/mol. The molecule has 8 heteroatoms. The van der Waals surface area contributed by atoms with Crippen LogP contribution in [0.3, 0.4) is 0 Å². The van der Waals surface area contributed by atoms with E-state index < -0.39 is 0 Å². The van der Waals surface area contributed by atoms with Gasteiger partial charge in [-0.3, -0.25) is 10.1 Å². The van der Waals surface area contributed by atoms with Crippen LogP contribution in [0.25, 0.3) is 17.0 Å². The second-order valence-corrected chi connectivity index (χ2v) is 6.60. The van der Waals surface area contributed by atoms with Crippen molar-refractivity contribution >= 4 is 28.2 Å². The normalized spacial score (nSPS) is 11.0. The van der Waals surface area contributed by atoms with Crippen molar-refractivity contribution in [3.05, 3.63) is 59.5 Å². The van der Waals surface area contributed by atoms with Gasteiger partial charge in [0.1, 0.15) is 12.0 Å². The van der Waals surface area contributed by atoms with Crippen LogP contribution in [-0.4, -0.2) is 30.5 Å². The third-order valence-corrected chi connectivity index (χ3v) is 4.68. The second-order valence-electron chi connectivity index (χ2n) is 5.74. The number of rotatable bonds is 5. The molecule has 0 bridgehead atoms. The van der Waals surface area contributed by atoms with E-state index in [-0.39, 0.29) is 5.91 Å². The Morgan fingerprint density at radius 1 is 1.19 bits per heavy atom. The highest BCUT2D eigenvalue weighted by Crippen LogP contribution is 2.25. The number of carbonyl (C=O) groups is 1. The summed E-state index contributed by atoms with van der Waals surface area (Å²) in [5.74, 6) is 0.0757. The molecule has 4 aromatic rings. The molecule has 0 aliphatic rings. The summed E-state index contributed by atoms with van der Waals surface area (Å²) in [5, 5.41) is 9.30. The Labute approximate surface area is 153 Å². The molecule has 7 nitrogen and oxygen atoms in total. The second kappa shape index (κ2) is 7.01. The maximum Gasteiger partial charge on any atom is 0.276 e. The molecule has 0 atom stereocenters. The van der Waals surface area contributed by atoms with E-state index in [9.17, 15) is 4.79 Å². The number of carbonyl (C=O) groups excluding carboxylic acids is 1. The van der Waals surface area contributed by atoms with Gasteiger partial charge >= 0.3 is 0 Å². The first-order chi connectivity index (χ1) is 12.7. The van der Waals surface area contributed by atoms with Crippen LogP contribution in [0.15, 0.2) is 48.2 Å². The molecule has 3 heterocycles. The smallest absolute Gasteiger partial charge is 0.276 e. The molecule has 0 fully saturated rings. The molecule has 0 saturated heterocycles. The van der Waals surface area contributed by atoms with Crippen molar-refractivity contribution in [3.63, 3.8) is 0 Å². The molecule has 3 aromatic heterocycles. The van der Waals surface area contributed by atoms with Gasteiger partial charge in [0, 0.05) is 17.1 Å². The van der Waals surface area contributed by atoms with Crippen molar-refractivity contribution in [2.75, 3.05) is 5.32 Å². The summed E-state index contributed by atoms with van der Waals surface area (Å²) in [4.78, 5) is 25.1. The van der Waals surface area contributed by atoms with Crippen LogP contribution < -0.4 is 5.32 Å². The number of thiazole rings is 1. The summed E-state index contributed by atoms with van der Waals surface area (Å²) in [5.41, 5.74) is 3.54. The first-order valence-corrected chi connectivity index (χ1v) is 9.13. The minimum absolute atomic E-state index is 0.304. The zero-order valence-corrected chi connectivity index (χ0v) is 14.9. The molecule has 0 aliphatic carbocycles. The van der Waals surface area contributed by atoms with E-state index in [0.717, 1.165) is 24.1 Å². The maximum atomic E-state index is 12.5. The van der Waals surface area contributed by atoms with E-state index in [4.69, 9.17) is 0 Å². The zero-order chi connectivity index (χ0) is 17.9. The van der Waals surface area contributed by atoms with E-state index in [0.29, 0.717) is 16.6 Å². The number of hydrogen-bond donors (Lipinski definition) is 1. The number of anilines is 1. The number of nitrogens with one attached hydrogen (secondary N) is 1. The molecule has 0 spiro atoms. The molecular weight excluding hydrogens is 348 g/mol. The molecule has 26 heavy (non-hydrogen) atoms. The van der Waals surface area contributed by atoms with Crippen molar-refractivity contribution in [3.8, 4) is 11.3 Å². The molecular formula is C18H16N6OS. The number of aromatic nitrogens is 5. The average molecular weight is 364 g/mol. The van der Waals surface area contributed by atoms with Gasteiger partial charge in [0.2, 0.25) is 0 Å². The number of hydrogen-bond acceptors (Lipinski definition) is 6. The molecule has 0 aliphatic heterocycles. The van der Waals surface area contributed by atoms with Crippen molar-refractivity contribution in [2.45, 2.75) is 19.8 Å². The van der Waals surface area contributed by atoms with Crippen molar-refractivity contribution < 1.29 is 4.79 Å². The van der Waals surface area contributed by atoms with Gasteiger partial charge in [0.25, 0.3) is 11.7 Å². The first kappa shape index (κ1) is 16.3. The van der Waals surface area contributed by atoms with Gasteiger partial charge in [-0.05, 0) is 18.1 Å². The van der Waals surface area contributed by atoms with E-state index in [1.54, 1.807) is 6.07 Å². The maximum absolute atomic E-state index is 12.5. The molecule has 4 rings (SSSR count). The number of aryl methyl sites for hydroxylation is 1. The van der Waals surface area contributed by atoms with Crippen molar-refractivity contribution in [1.29, 1.82) is 0 Å². The van der Waals surface area contributed by atoms with E-state index in [1.807, 2.05) is 5.38 Å². The Morgan fingerprint density at radius 3 is 2.85 bits per heavy atom. The van der Waals surface area contributed by atoms with Gasteiger partial charge in [-0.1, -0.05) is 37.6 Å². The highest BCUT2D eigenvalue weighted by atomic mass is 32.1. The summed E-state index contributed by atoms with van der Waals surface area (Å²) in [6.45, 7) is 2.17. The van der Waals surface area contributed by atoms with Crippen LogP contribution in [0.1, 0.15) is 29.4 Å². The fourth-order valence-corrected chi connectivity index (χ4v) is 3.38. The Bertz CT molecular complexity index is 1050. The Kier molecular flexibility index (Phi) is 4.40. The molecule has 130 valence electrons. The molecule has 1 aromatic carbocycles. The van der Waals surface area contributed by atoms with E-state index in [2.05, 4.69) is 56.6 Å². The van der Waals surface area contributed by atoms with Gasteiger partial charge in [-0.25, -0.2) is 9.97 Å². The van der Waals surface area contributed by atoms with E-state index >= 15 is 0 Å². The van der Waals surface area contributed by atoms with Gasteiger partial charge in [-0.2, -0.15) is 14.6 Å². The Hall–Kier alpha value is -3.13. The first-order valence-electron chi connectivity index (χ1n) is 8.25. The van der Waals surface area contributed by atoms with Crippen LogP contribution >= 0.6 is 11.3 Å². The van der Waals surface area contributed by atoms with Crippen molar-refractivity contribution in [2.24, 2.45) is 0 Å². The molecule has 0 unspecified atom stereocenters. The quantitative estimate of drug-likeness (QED) is 0.586. The lowest BCUT2D eigenvalue weighted by molar-refractivity contribution is 0.102. The summed E-state index contributed by atoms with van der Waals surface area (Å²) in [7, 11) is 0. The van der Waals surface area contributed by atoms with Crippen LogP contribution in [0.5, 0.6) is 0 Å². The standard InChI is InChI=1S/C18H16N6OS/c1-2-3-12-4-6-13(7-5-12)14-10-26-18(22-14)23-16(25)15-8-9-19-17-20-11-21-24(15)17/h4-11H,2-3H2,1H3,(H,22,23,25). The lowest BCUT2D eigenvalue weighted by Crippen LogP contribution is -2.16. The number of benzene rings is 1. The third kappa shape index (κ3) is 3.18. The highest BCUT2D eigenvalue weighted by Gasteiger charge is 2.14. The van der Waals surface area contributed by atoms with Gasteiger partial charge in [0.05, 0.1) is 5.69 Å². The lowest BCUT2D eigenvalue weighted by atomic mass is 10.1. The summed E-state index contributed by atoms with van der Waals surface area (Å²) in [6, 6.07) is 9.96. The topological polar surface area (TPSA) is 85.1 Å². The van der Waals surface area contributed by atoms with Crippen LogP contribution in [0.4, 0.5) is 5.13 Å². The number of fused-ring (bicyclic) bond motifs is 1. The average Bonchev–Trinajstić information content (AvgIpc) is 3.31. The minimum Gasteiger partial charge on any atom is -0.296 e.